The highest BCUT2D eigenvalue weighted by molar-refractivity contribution is 9.10. The fraction of sp³-hybridized carbons (Fsp3) is 0. The van der Waals surface area contributed by atoms with E-state index in [-0.39, 0.29) is 0 Å². The molecule has 16 heavy (non-hydrogen) atoms. The zero-order chi connectivity index (χ0) is 11.5. The SMILES string of the molecule is Nc1cncc(Br)c1Sc1ncccc1Cl. The van der Waals surface area contributed by atoms with Crippen LogP contribution < -0.4 is 5.73 Å². The van der Waals surface area contributed by atoms with Crippen molar-refractivity contribution >= 4 is 45.0 Å². The first-order valence-electron chi connectivity index (χ1n) is 4.36. The standard InChI is InChI=1S/C10H7BrClN3S/c11-6-4-14-5-8(13)9(6)16-10-7(12)2-1-3-15-10/h1-5H,13H2. The van der Waals surface area contributed by atoms with E-state index in [1.165, 1.54) is 11.8 Å². The van der Waals surface area contributed by atoms with E-state index in [2.05, 4.69) is 25.9 Å². The summed E-state index contributed by atoms with van der Waals surface area (Å²) in [5.74, 6) is 0. The van der Waals surface area contributed by atoms with Gasteiger partial charge in [-0.2, -0.15) is 0 Å². The summed E-state index contributed by atoms with van der Waals surface area (Å²) in [6, 6.07) is 3.58. The maximum atomic E-state index is 6.02. The van der Waals surface area contributed by atoms with Crippen molar-refractivity contribution in [3.8, 4) is 0 Å². The molecule has 2 aromatic heterocycles. The van der Waals surface area contributed by atoms with Crippen LogP contribution in [0.3, 0.4) is 0 Å². The van der Waals surface area contributed by atoms with E-state index in [9.17, 15) is 0 Å². The van der Waals surface area contributed by atoms with Crippen LogP contribution in [0.25, 0.3) is 0 Å². The number of hydrogen-bond acceptors (Lipinski definition) is 4. The Kier molecular flexibility index (Phi) is 3.68. The molecule has 0 amide bonds. The van der Waals surface area contributed by atoms with Crippen LogP contribution in [0.1, 0.15) is 0 Å². The topological polar surface area (TPSA) is 51.8 Å². The van der Waals surface area contributed by atoms with Crippen LogP contribution in [0.2, 0.25) is 5.02 Å². The third-order valence-corrected chi connectivity index (χ3v) is 4.26. The van der Waals surface area contributed by atoms with Crippen LogP contribution in [0.5, 0.6) is 0 Å². The normalized spacial score (nSPS) is 10.4. The quantitative estimate of drug-likeness (QED) is 0.919. The molecule has 0 saturated heterocycles. The molecule has 0 fully saturated rings. The number of pyridine rings is 2. The second kappa shape index (κ2) is 5.03. The fourth-order valence-corrected chi connectivity index (χ4v) is 2.71. The summed E-state index contributed by atoms with van der Waals surface area (Å²) >= 11 is 10.8. The molecule has 0 radical (unpaired) electrons. The number of nitrogen functional groups attached to an aromatic ring is 1. The number of hydrogen-bond donors (Lipinski definition) is 1. The molecule has 2 rings (SSSR count). The summed E-state index contributed by atoms with van der Waals surface area (Å²) in [4.78, 5) is 9.03. The van der Waals surface area contributed by atoms with Gasteiger partial charge in [0.05, 0.1) is 26.3 Å². The average molecular weight is 317 g/mol. The average Bonchev–Trinajstić information content (AvgIpc) is 2.26. The van der Waals surface area contributed by atoms with E-state index in [1.54, 1.807) is 30.7 Å². The summed E-state index contributed by atoms with van der Waals surface area (Å²) in [7, 11) is 0. The third-order valence-electron chi connectivity index (χ3n) is 1.80. The van der Waals surface area contributed by atoms with Crippen LogP contribution in [-0.2, 0) is 0 Å². The van der Waals surface area contributed by atoms with Gasteiger partial charge in [0.2, 0.25) is 0 Å². The molecule has 0 aliphatic rings. The minimum Gasteiger partial charge on any atom is -0.397 e. The van der Waals surface area contributed by atoms with Crippen LogP contribution in [0.15, 0.2) is 45.1 Å². The molecule has 0 aliphatic heterocycles. The Morgan fingerprint density at radius 1 is 1.38 bits per heavy atom. The largest absolute Gasteiger partial charge is 0.397 e. The molecule has 2 aromatic rings. The molecule has 3 nitrogen and oxygen atoms in total. The van der Waals surface area contributed by atoms with E-state index < -0.39 is 0 Å². The number of nitrogens with zero attached hydrogens (tertiary/aromatic N) is 2. The highest BCUT2D eigenvalue weighted by atomic mass is 79.9. The molecule has 2 heterocycles. The van der Waals surface area contributed by atoms with Gasteiger partial charge in [0.1, 0.15) is 5.03 Å². The molecule has 82 valence electrons. The van der Waals surface area contributed by atoms with Gasteiger partial charge in [0.25, 0.3) is 0 Å². The van der Waals surface area contributed by atoms with Gasteiger partial charge in [-0.3, -0.25) is 4.98 Å². The first kappa shape index (κ1) is 11.7. The summed E-state index contributed by atoms with van der Waals surface area (Å²) < 4.78 is 0.833. The van der Waals surface area contributed by atoms with Crippen molar-refractivity contribution in [2.75, 3.05) is 5.73 Å². The van der Waals surface area contributed by atoms with Gasteiger partial charge in [0.15, 0.2) is 0 Å². The summed E-state index contributed by atoms with van der Waals surface area (Å²) in [6.45, 7) is 0. The number of rotatable bonds is 2. The van der Waals surface area contributed by atoms with Crippen molar-refractivity contribution in [2.45, 2.75) is 9.92 Å². The monoisotopic (exact) mass is 315 g/mol. The summed E-state index contributed by atoms with van der Waals surface area (Å²) in [6.07, 6.45) is 4.99. The molecular weight excluding hydrogens is 310 g/mol. The first-order chi connectivity index (χ1) is 7.68. The summed E-state index contributed by atoms with van der Waals surface area (Å²) in [5, 5.41) is 1.33. The molecular formula is C10H7BrClN3S. The number of aromatic nitrogens is 2. The van der Waals surface area contributed by atoms with E-state index in [1.807, 2.05) is 0 Å². The predicted molar refractivity (Wildman–Crippen MR) is 69.7 cm³/mol. The molecule has 0 saturated carbocycles. The van der Waals surface area contributed by atoms with Crippen LogP contribution in [0.4, 0.5) is 5.69 Å². The van der Waals surface area contributed by atoms with Gasteiger partial charge >= 0.3 is 0 Å². The second-order valence-electron chi connectivity index (χ2n) is 2.93. The zero-order valence-corrected chi connectivity index (χ0v) is 11.2. The molecule has 6 heteroatoms. The third kappa shape index (κ3) is 2.48. The van der Waals surface area contributed by atoms with Crippen molar-refractivity contribution in [3.63, 3.8) is 0 Å². The van der Waals surface area contributed by atoms with Gasteiger partial charge in [0, 0.05) is 12.4 Å². The molecule has 0 aliphatic carbocycles. The highest BCUT2D eigenvalue weighted by Crippen LogP contribution is 2.38. The van der Waals surface area contributed by atoms with Crippen LogP contribution in [0, 0.1) is 0 Å². The molecule has 2 N–H and O–H groups in total. The lowest BCUT2D eigenvalue weighted by molar-refractivity contribution is 1.13. The second-order valence-corrected chi connectivity index (χ2v) is 5.19. The Bertz CT molecular complexity index is 501. The number of nitrogens with two attached hydrogens (primary N) is 1. The molecule has 0 spiro atoms. The summed E-state index contributed by atoms with van der Waals surface area (Å²) in [5.41, 5.74) is 6.43. The lowest BCUT2D eigenvalue weighted by Gasteiger charge is -2.07. The zero-order valence-electron chi connectivity index (χ0n) is 8.02. The van der Waals surface area contributed by atoms with Gasteiger partial charge in [-0.15, -0.1) is 0 Å². The Morgan fingerprint density at radius 3 is 2.88 bits per heavy atom. The lowest BCUT2D eigenvalue weighted by Crippen LogP contribution is -1.91. The van der Waals surface area contributed by atoms with E-state index in [0.29, 0.717) is 10.7 Å². The maximum Gasteiger partial charge on any atom is 0.119 e. The fourth-order valence-electron chi connectivity index (χ4n) is 1.09. The first-order valence-corrected chi connectivity index (χ1v) is 6.34. The van der Waals surface area contributed by atoms with E-state index in [0.717, 1.165) is 14.4 Å². The van der Waals surface area contributed by atoms with Gasteiger partial charge in [-0.05, 0) is 28.1 Å². The highest BCUT2D eigenvalue weighted by Gasteiger charge is 2.10. The minimum atomic E-state index is 0.598. The molecule has 0 atom stereocenters. The predicted octanol–water partition coefficient (Wildman–Crippen LogP) is 3.63. The van der Waals surface area contributed by atoms with Crippen molar-refractivity contribution in [1.82, 2.24) is 9.97 Å². The van der Waals surface area contributed by atoms with Crippen molar-refractivity contribution in [2.24, 2.45) is 0 Å². The van der Waals surface area contributed by atoms with E-state index >= 15 is 0 Å². The Balaban J connectivity index is 2.38. The van der Waals surface area contributed by atoms with Gasteiger partial charge < -0.3 is 5.73 Å². The van der Waals surface area contributed by atoms with Crippen molar-refractivity contribution < 1.29 is 0 Å². The Labute approximate surface area is 111 Å². The van der Waals surface area contributed by atoms with Crippen LogP contribution in [-0.4, -0.2) is 9.97 Å². The number of halogens is 2. The Morgan fingerprint density at radius 2 is 2.19 bits per heavy atom. The lowest BCUT2D eigenvalue weighted by atomic mass is 10.4. The minimum absolute atomic E-state index is 0.598. The van der Waals surface area contributed by atoms with Crippen LogP contribution >= 0.6 is 39.3 Å². The van der Waals surface area contributed by atoms with Gasteiger partial charge in [-0.1, -0.05) is 23.4 Å². The maximum absolute atomic E-state index is 6.02. The Hall–Kier alpha value is -0.780. The molecule has 0 aromatic carbocycles. The number of anilines is 1. The van der Waals surface area contributed by atoms with Crippen molar-refractivity contribution in [3.05, 3.63) is 40.2 Å². The van der Waals surface area contributed by atoms with Gasteiger partial charge in [-0.25, -0.2) is 4.98 Å². The molecule has 0 bridgehead atoms. The molecule has 0 unspecified atom stereocenters. The smallest absolute Gasteiger partial charge is 0.119 e. The van der Waals surface area contributed by atoms with Crippen molar-refractivity contribution in [1.29, 1.82) is 0 Å². The van der Waals surface area contributed by atoms with E-state index in [4.69, 9.17) is 17.3 Å².